The van der Waals surface area contributed by atoms with Crippen molar-refractivity contribution in [3.63, 3.8) is 0 Å². The maximum atomic E-state index is 8.90. The van der Waals surface area contributed by atoms with Crippen molar-refractivity contribution in [2.75, 3.05) is 18.5 Å². The Kier molecular flexibility index (Phi) is 5.44. The zero-order valence-corrected chi connectivity index (χ0v) is 11.4. The number of nitrogens with zero attached hydrogens (tertiary/aromatic N) is 2. The number of pyridine rings is 1. The highest BCUT2D eigenvalue weighted by Crippen LogP contribution is 2.20. The molecule has 0 bridgehead atoms. The van der Waals surface area contributed by atoms with E-state index in [1.807, 2.05) is 32.9 Å². The monoisotopic (exact) mass is 247 g/mol. The Bertz CT molecular complexity index is 392. The first kappa shape index (κ1) is 14.3. The van der Waals surface area contributed by atoms with E-state index in [0.29, 0.717) is 12.5 Å². The number of aromatic nitrogens is 1. The average Bonchev–Trinajstić information content (AvgIpc) is 2.37. The van der Waals surface area contributed by atoms with Crippen LogP contribution in [0.3, 0.4) is 0 Å². The van der Waals surface area contributed by atoms with Crippen molar-refractivity contribution >= 4 is 5.69 Å². The van der Waals surface area contributed by atoms with E-state index in [9.17, 15) is 0 Å². The standard InChI is InChI=1S/C14H21N3O/c1-4-18-13-7-6-12(10-17-13)16-9-5-8-14(2,3)11-15/h6-7,10,16H,4-5,8-9H2,1-3H3. The van der Waals surface area contributed by atoms with Crippen molar-refractivity contribution in [1.29, 1.82) is 5.26 Å². The van der Waals surface area contributed by atoms with E-state index < -0.39 is 0 Å². The number of nitriles is 1. The highest BCUT2D eigenvalue weighted by Gasteiger charge is 2.15. The summed E-state index contributed by atoms with van der Waals surface area (Å²) in [4.78, 5) is 4.18. The number of anilines is 1. The van der Waals surface area contributed by atoms with Crippen LogP contribution in [0.25, 0.3) is 0 Å². The second kappa shape index (κ2) is 6.85. The number of nitrogens with one attached hydrogen (secondary N) is 1. The van der Waals surface area contributed by atoms with E-state index in [-0.39, 0.29) is 5.41 Å². The van der Waals surface area contributed by atoms with Gasteiger partial charge in [0.2, 0.25) is 5.88 Å². The van der Waals surface area contributed by atoms with Gasteiger partial charge in [-0.15, -0.1) is 0 Å². The summed E-state index contributed by atoms with van der Waals surface area (Å²) in [6.45, 7) is 7.34. The molecule has 98 valence electrons. The summed E-state index contributed by atoms with van der Waals surface area (Å²) in [6.07, 6.45) is 3.62. The van der Waals surface area contributed by atoms with Crippen LogP contribution in [0, 0.1) is 16.7 Å². The van der Waals surface area contributed by atoms with Crippen molar-refractivity contribution < 1.29 is 4.74 Å². The topological polar surface area (TPSA) is 57.9 Å². The molecule has 1 rings (SSSR count). The molecule has 0 saturated carbocycles. The number of ether oxygens (including phenoxy) is 1. The molecule has 0 aromatic carbocycles. The molecule has 1 aromatic rings. The quantitative estimate of drug-likeness (QED) is 0.751. The fourth-order valence-electron chi connectivity index (χ4n) is 1.54. The summed E-state index contributed by atoms with van der Waals surface area (Å²) in [5.41, 5.74) is 0.742. The fourth-order valence-corrected chi connectivity index (χ4v) is 1.54. The van der Waals surface area contributed by atoms with Gasteiger partial charge in [0, 0.05) is 12.6 Å². The average molecular weight is 247 g/mol. The van der Waals surface area contributed by atoms with Crippen LogP contribution >= 0.6 is 0 Å². The molecule has 0 aliphatic rings. The highest BCUT2D eigenvalue weighted by molar-refractivity contribution is 5.41. The lowest BCUT2D eigenvalue weighted by atomic mass is 9.90. The van der Waals surface area contributed by atoms with Gasteiger partial charge in [-0.3, -0.25) is 0 Å². The Morgan fingerprint density at radius 3 is 2.78 bits per heavy atom. The fraction of sp³-hybridized carbons (Fsp3) is 0.571. The molecule has 0 amide bonds. The lowest BCUT2D eigenvalue weighted by Gasteiger charge is -2.15. The zero-order valence-electron chi connectivity index (χ0n) is 11.4. The summed E-state index contributed by atoms with van der Waals surface area (Å²) in [5, 5.41) is 12.2. The smallest absolute Gasteiger partial charge is 0.213 e. The Hall–Kier alpha value is -1.76. The van der Waals surface area contributed by atoms with Crippen molar-refractivity contribution in [3.8, 4) is 11.9 Å². The van der Waals surface area contributed by atoms with Crippen LogP contribution in [-0.2, 0) is 0 Å². The van der Waals surface area contributed by atoms with Crippen LogP contribution in [0.1, 0.15) is 33.6 Å². The molecule has 0 aliphatic heterocycles. The largest absolute Gasteiger partial charge is 0.478 e. The van der Waals surface area contributed by atoms with Gasteiger partial charge >= 0.3 is 0 Å². The predicted octanol–water partition coefficient (Wildman–Crippen LogP) is 3.22. The summed E-state index contributed by atoms with van der Waals surface area (Å²) in [5.74, 6) is 0.647. The second-order valence-corrected chi connectivity index (χ2v) is 4.84. The Morgan fingerprint density at radius 2 is 2.22 bits per heavy atom. The first-order chi connectivity index (χ1) is 8.57. The first-order valence-electron chi connectivity index (χ1n) is 6.31. The predicted molar refractivity (Wildman–Crippen MR) is 72.5 cm³/mol. The number of hydrogen-bond donors (Lipinski definition) is 1. The third kappa shape index (κ3) is 5.05. The van der Waals surface area contributed by atoms with Gasteiger partial charge in [-0.2, -0.15) is 5.26 Å². The lowest BCUT2D eigenvalue weighted by molar-refractivity contribution is 0.327. The van der Waals surface area contributed by atoms with Crippen LogP contribution in [0.15, 0.2) is 18.3 Å². The molecule has 0 saturated heterocycles. The minimum Gasteiger partial charge on any atom is -0.478 e. The highest BCUT2D eigenvalue weighted by atomic mass is 16.5. The third-order valence-electron chi connectivity index (χ3n) is 2.64. The maximum Gasteiger partial charge on any atom is 0.213 e. The second-order valence-electron chi connectivity index (χ2n) is 4.84. The molecule has 0 radical (unpaired) electrons. The molecule has 0 aliphatic carbocycles. The van der Waals surface area contributed by atoms with Gasteiger partial charge < -0.3 is 10.1 Å². The molecule has 0 atom stereocenters. The van der Waals surface area contributed by atoms with Gasteiger partial charge in [0.1, 0.15) is 0 Å². The molecular weight excluding hydrogens is 226 g/mol. The molecule has 1 aromatic heterocycles. The van der Waals surface area contributed by atoms with Crippen molar-refractivity contribution in [3.05, 3.63) is 18.3 Å². The minimum atomic E-state index is -0.237. The first-order valence-corrected chi connectivity index (χ1v) is 6.31. The number of rotatable bonds is 7. The lowest BCUT2D eigenvalue weighted by Crippen LogP contribution is -2.11. The van der Waals surface area contributed by atoms with Crippen LogP contribution in [-0.4, -0.2) is 18.1 Å². The van der Waals surface area contributed by atoms with E-state index in [4.69, 9.17) is 10.00 Å². The molecule has 0 fully saturated rings. The Balaban J connectivity index is 2.30. The molecule has 4 heteroatoms. The van der Waals surface area contributed by atoms with Gasteiger partial charge in [0.25, 0.3) is 0 Å². The summed E-state index contributed by atoms with van der Waals surface area (Å²) < 4.78 is 5.27. The van der Waals surface area contributed by atoms with Gasteiger partial charge in [-0.05, 0) is 39.7 Å². The maximum absolute atomic E-state index is 8.90. The molecular formula is C14H21N3O. The summed E-state index contributed by atoms with van der Waals surface area (Å²) >= 11 is 0. The van der Waals surface area contributed by atoms with E-state index in [1.54, 1.807) is 6.20 Å². The van der Waals surface area contributed by atoms with Crippen LogP contribution < -0.4 is 10.1 Å². The normalized spacial score (nSPS) is 10.8. The minimum absolute atomic E-state index is 0.237. The molecule has 18 heavy (non-hydrogen) atoms. The van der Waals surface area contributed by atoms with Crippen LogP contribution in [0.4, 0.5) is 5.69 Å². The van der Waals surface area contributed by atoms with Crippen LogP contribution in [0.2, 0.25) is 0 Å². The Labute approximate surface area is 109 Å². The van der Waals surface area contributed by atoms with E-state index in [1.165, 1.54) is 0 Å². The SMILES string of the molecule is CCOc1ccc(NCCCC(C)(C)C#N)cn1. The van der Waals surface area contributed by atoms with Crippen LogP contribution in [0.5, 0.6) is 5.88 Å². The molecule has 0 unspecified atom stereocenters. The van der Waals surface area contributed by atoms with E-state index in [2.05, 4.69) is 16.4 Å². The zero-order chi connectivity index (χ0) is 13.4. The van der Waals surface area contributed by atoms with Gasteiger partial charge in [-0.25, -0.2) is 4.98 Å². The molecule has 1 N–H and O–H groups in total. The van der Waals surface area contributed by atoms with E-state index in [0.717, 1.165) is 25.1 Å². The third-order valence-corrected chi connectivity index (χ3v) is 2.64. The number of hydrogen-bond acceptors (Lipinski definition) is 4. The molecule has 1 heterocycles. The molecule has 0 spiro atoms. The van der Waals surface area contributed by atoms with Crippen molar-refractivity contribution in [2.45, 2.75) is 33.6 Å². The van der Waals surface area contributed by atoms with Gasteiger partial charge in [-0.1, -0.05) is 0 Å². The summed E-state index contributed by atoms with van der Waals surface area (Å²) in [6, 6.07) is 6.11. The Morgan fingerprint density at radius 1 is 1.44 bits per heavy atom. The molecule has 4 nitrogen and oxygen atoms in total. The van der Waals surface area contributed by atoms with Gasteiger partial charge in [0.05, 0.1) is 30.0 Å². The summed E-state index contributed by atoms with van der Waals surface area (Å²) in [7, 11) is 0. The van der Waals surface area contributed by atoms with E-state index >= 15 is 0 Å². The van der Waals surface area contributed by atoms with Crippen molar-refractivity contribution in [2.24, 2.45) is 5.41 Å². The van der Waals surface area contributed by atoms with Gasteiger partial charge in [0.15, 0.2) is 0 Å². The van der Waals surface area contributed by atoms with Crippen molar-refractivity contribution in [1.82, 2.24) is 4.98 Å².